The molecule has 0 aromatic rings. The SMILES string of the molecule is CCCCCCCCCCCCCCCC(=O)O[C@H](CO)COP(=O)([O-])OC1[C@H](O)[C@H](O)C(O)[C@H](O)[C@H]1O. The zero-order valence-electron chi connectivity index (χ0n) is 22.4. The maximum Gasteiger partial charge on any atom is 0.306 e. The van der Waals surface area contributed by atoms with Crippen molar-refractivity contribution < 1.29 is 58.7 Å². The van der Waals surface area contributed by atoms with Crippen molar-refractivity contribution in [3.8, 4) is 0 Å². The number of aliphatic hydroxyl groups is 6. The first-order valence-electron chi connectivity index (χ1n) is 13.9. The van der Waals surface area contributed by atoms with Crippen LogP contribution < -0.4 is 4.89 Å². The summed E-state index contributed by atoms with van der Waals surface area (Å²) in [6.07, 6.45) is 1.93. The Bertz CT molecular complexity index is 665. The number of hydrogen-bond acceptors (Lipinski definition) is 12. The van der Waals surface area contributed by atoms with Crippen molar-refractivity contribution >= 4 is 13.8 Å². The first-order chi connectivity index (χ1) is 18.0. The lowest BCUT2D eigenvalue weighted by Crippen LogP contribution is -2.64. The van der Waals surface area contributed by atoms with Crippen molar-refractivity contribution in [3.05, 3.63) is 0 Å². The van der Waals surface area contributed by atoms with Crippen LogP contribution in [0.15, 0.2) is 0 Å². The lowest BCUT2D eigenvalue weighted by atomic mass is 9.85. The molecule has 0 heterocycles. The summed E-state index contributed by atoms with van der Waals surface area (Å²) >= 11 is 0. The van der Waals surface area contributed by atoms with Gasteiger partial charge in [0.1, 0.15) is 42.7 Å². The molecule has 38 heavy (non-hydrogen) atoms. The molecule has 0 aromatic carbocycles. The van der Waals surface area contributed by atoms with Crippen LogP contribution in [-0.2, 0) is 23.1 Å². The van der Waals surface area contributed by atoms with Crippen LogP contribution in [0.25, 0.3) is 0 Å². The molecule has 0 amide bonds. The maximum absolute atomic E-state index is 12.1. The molecule has 3 unspecified atom stereocenters. The highest BCUT2D eigenvalue weighted by molar-refractivity contribution is 7.45. The van der Waals surface area contributed by atoms with Crippen LogP contribution in [0.1, 0.15) is 96.8 Å². The molecule has 1 saturated carbocycles. The topological polar surface area (TPSA) is 206 Å². The number of phosphoric ester groups is 1. The number of ether oxygens (including phenoxy) is 1. The summed E-state index contributed by atoms with van der Waals surface area (Å²) in [5.74, 6) is -0.615. The minimum absolute atomic E-state index is 0.109. The second-order valence-electron chi connectivity index (χ2n) is 10.1. The fourth-order valence-corrected chi connectivity index (χ4v) is 5.29. The molecule has 8 atom stereocenters. The number of aliphatic hydroxyl groups excluding tert-OH is 6. The Balaban J connectivity index is 2.21. The minimum atomic E-state index is -5.25. The van der Waals surface area contributed by atoms with Crippen molar-refractivity contribution in [2.45, 2.75) is 140 Å². The average molecular weight is 572 g/mol. The van der Waals surface area contributed by atoms with Crippen LogP contribution in [0.2, 0.25) is 0 Å². The van der Waals surface area contributed by atoms with Crippen molar-refractivity contribution in [1.82, 2.24) is 0 Å². The van der Waals surface area contributed by atoms with Gasteiger partial charge in [-0.3, -0.25) is 9.36 Å². The highest BCUT2D eigenvalue weighted by Gasteiger charge is 2.50. The van der Waals surface area contributed by atoms with Gasteiger partial charge in [0, 0.05) is 6.42 Å². The predicted octanol–water partition coefficient (Wildman–Crippen LogP) is 1.06. The molecule has 0 aliphatic heterocycles. The fourth-order valence-electron chi connectivity index (χ4n) is 4.33. The first kappa shape index (κ1) is 35.4. The van der Waals surface area contributed by atoms with Gasteiger partial charge in [-0.1, -0.05) is 84.0 Å². The van der Waals surface area contributed by atoms with Gasteiger partial charge in [-0.15, -0.1) is 0 Å². The van der Waals surface area contributed by atoms with Crippen molar-refractivity contribution in [3.63, 3.8) is 0 Å². The molecule has 0 aromatic heterocycles. The molecule has 12 nitrogen and oxygen atoms in total. The Morgan fingerprint density at radius 3 is 1.63 bits per heavy atom. The van der Waals surface area contributed by atoms with E-state index in [9.17, 15) is 44.9 Å². The molecule has 6 N–H and O–H groups in total. The van der Waals surface area contributed by atoms with Crippen LogP contribution >= 0.6 is 7.82 Å². The number of carbonyl (C=O) groups excluding carboxylic acids is 1. The van der Waals surface area contributed by atoms with E-state index in [0.29, 0.717) is 6.42 Å². The minimum Gasteiger partial charge on any atom is -0.756 e. The van der Waals surface area contributed by atoms with Crippen molar-refractivity contribution in [2.75, 3.05) is 13.2 Å². The third-order valence-electron chi connectivity index (χ3n) is 6.73. The largest absolute Gasteiger partial charge is 0.756 e. The van der Waals surface area contributed by atoms with Crippen LogP contribution in [0.3, 0.4) is 0 Å². The summed E-state index contributed by atoms with van der Waals surface area (Å²) in [7, 11) is -5.25. The van der Waals surface area contributed by atoms with E-state index in [1.807, 2.05) is 0 Å². The number of unbranched alkanes of at least 4 members (excludes halogenated alkanes) is 12. The highest BCUT2D eigenvalue weighted by atomic mass is 31.2. The Kier molecular flexibility index (Phi) is 18.1. The van der Waals surface area contributed by atoms with Crippen LogP contribution in [0.5, 0.6) is 0 Å². The second-order valence-corrected chi connectivity index (χ2v) is 11.4. The molecule has 1 rings (SSSR count). The van der Waals surface area contributed by atoms with Crippen LogP contribution in [0, 0.1) is 0 Å². The first-order valence-corrected chi connectivity index (χ1v) is 15.3. The van der Waals surface area contributed by atoms with Crippen molar-refractivity contribution in [2.24, 2.45) is 0 Å². The number of esters is 1. The molecule has 1 aliphatic carbocycles. The summed E-state index contributed by atoms with van der Waals surface area (Å²) in [6.45, 7) is 0.713. The van der Waals surface area contributed by atoms with Gasteiger partial charge in [-0.2, -0.15) is 0 Å². The van der Waals surface area contributed by atoms with E-state index >= 15 is 0 Å². The van der Waals surface area contributed by atoms with Gasteiger partial charge in [0.15, 0.2) is 0 Å². The lowest BCUT2D eigenvalue weighted by molar-refractivity contribution is -0.261. The van der Waals surface area contributed by atoms with Gasteiger partial charge >= 0.3 is 5.97 Å². The Morgan fingerprint density at radius 2 is 1.18 bits per heavy atom. The zero-order valence-corrected chi connectivity index (χ0v) is 23.3. The molecule has 0 spiro atoms. The average Bonchev–Trinajstić information content (AvgIpc) is 2.89. The fraction of sp³-hybridized carbons (Fsp3) is 0.960. The molecular formula is C25H48O12P-. The Morgan fingerprint density at radius 1 is 0.763 bits per heavy atom. The molecular weight excluding hydrogens is 523 g/mol. The van der Waals surface area contributed by atoms with E-state index < -0.39 is 69.7 Å². The van der Waals surface area contributed by atoms with Gasteiger partial charge in [-0.05, 0) is 6.42 Å². The number of phosphoric acid groups is 1. The molecule has 1 aliphatic rings. The van der Waals surface area contributed by atoms with E-state index in [-0.39, 0.29) is 6.42 Å². The van der Waals surface area contributed by atoms with E-state index in [1.54, 1.807) is 0 Å². The van der Waals surface area contributed by atoms with Gasteiger partial charge in [0.2, 0.25) is 0 Å². The summed E-state index contributed by atoms with van der Waals surface area (Å²) in [6, 6.07) is 0. The zero-order chi connectivity index (χ0) is 28.6. The standard InChI is InChI=1S/C25H49O12P/c1-2-3-4-5-6-7-8-9-10-11-12-13-14-15-19(27)36-18(16-26)17-35-38(33,34)37-25-23(31)21(29)20(28)22(30)24(25)32/h18,20-26,28-32H,2-17H2,1H3,(H,33,34)/p-1/t18-,20?,21-,22+,23-,24-,25?/m1/s1. The summed E-state index contributed by atoms with van der Waals surface area (Å²) in [5, 5.41) is 58.1. The Labute approximate surface area is 225 Å². The van der Waals surface area contributed by atoms with Crippen LogP contribution in [-0.4, -0.2) is 92.5 Å². The molecule has 226 valence electrons. The second kappa shape index (κ2) is 19.4. The number of carbonyl (C=O) groups is 1. The van der Waals surface area contributed by atoms with Gasteiger partial charge in [-0.25, -0.2) is 0 Å². The maximum atomic E-state index is 12.1. The molecule has 0 saturated heterocycles. The predicted molar refractivity (Wildman–Crippen MR) is 136 cm³/mol. The van der Waals surface area contributed by atoms with Crippen molar-refractivity contribution in [1.29, 1.82) is 0 Å². The highest BCUT2D eigenvalue weighted by Crippen LogP contribution is 2.43. The monoisotopic (exact) mass is 571 g/mol. The smallest absolute Gasteiger partial charge is 0.306 e. The lowest BCUT2D eigenvalue weighted by Gasteiger charge is -2.43. The van der Waals surface area contributed by atoms with E-state index in [0.717, 1.165) is 19.3 Å². The quantitative estimate of drug-likeness (QED) is 0.0650. The van der Waals surface area contributed by atoms with E-state index in [2.05, 4.69) is 16.0 Å². The van der Waals surface area contributed by atoms with Gasteiger partial charge in [0.25, 0.3) is 7.82 Å². The summed E-state index contributed by atoms with van der Waals surface area (Å²) in [5.41, 5.74) is 0. The third kappa shape index (κ3) is 13.6. The molecule has 13 heteroatoms. The van der Waals surface area contributed by atoms with Gasteiger partial charge < -0.3 is 49.3 Å². The third-order valence-corrected chi connectivity index (χ3v) is 7.70. The van der Waals surface area contributed by atoms with Crippen LogP contribution in [0.4, 0.5) is 0 Å². The van der Waals surface area contributed by atoms with Gasteiger partial charge in [0.05, 0.1) is 13.2 Å². The number of rotatable bonds is 21. The Hall–Kier alpha value is -0.660. The summed E-state index contributed by atoms with van der Waals surface area (Å²) in [4.78, 5) is 24.1. The molecule has 1 fully saturated rings. The van der Waals surface area contributed by atoms with E-state index in [1.165, 1.54) is 57.8 Å². The normalized spacial score (nSPS) is 28.1. The molecule has 0 radical (unpaired) electrons. The summed E-state index contributed by atoms with van der Waals surface area (Å²) < 4.78 is 26.3. The number of hydrogen-bond donors (Lipinski definition) is 6. The van der Waals surface area contributed by atoms with E-state index in [4.69, 9.17) is 4.74 Å². The molecule has 0 bridgehead atoms.